The summed E-state index contributed by atoms with van der Waals surface area (Å²) >= 11 is 0. The lowest BCUT2D eigenvalue weighted by atomic mass is 9.83. The first-order valence-corrected chi connectivity index (χ1v) is 6.87. The van der Waals surface area contributed by atoms with Crippen molar-refractivity contribution in [3.05, 3.63) is 48.7 Å². The van der Waals surface area contributed by atoms with E-state index in [1.165, 1.54) is 7.11 Å². The van der Waals surface area contributed by atoms with Crippen molar-refractivity contribution >= 4 is 11.8 Å². The quantitative estimate of drug-likeness (QED) is 0.629. The third-order valence-electron chi connectivity index (χ3n) is 4.03. The zero-order chi connectivity index (χ0) is 15.4. The summed E-state index contributed by atoms with van der Waals surface area (Å²) in [5.74, 6) is -1.35. The second-order valence-electron chi connectivity index (χ2n) is 5.15. The molecule has 0 amide bonds. The first-order valence-electron chi connectivity index (χ1n) is 6.87. The fourth-order valence-electron chi connectivity index (χ4n) is 2.85. The Hall–Kier alpha value is -2.15. The molecule has 0 saturated heterocycles. The lowest BCUT2D eigenvalue weighted by Gasteiger charge is -2.20. The second-order valence-corrected chi connectivity index (χ2v) is 5.15. The minimum Gasteiger partial charge on any atom is -0.469 e. The summed E-state index contributed by atoms with van der Waals surface area (Å²) in [6.07, 6.45) is 3.17. The highest BCUT2D eigenvalue weighted by Crippen LogP contribution is 2.40. The number of nitrogens with zero attached hydrogens (tertiary/aromatic N) is 1. The van der Waals surface area contributed by atoms with Crippen molar-refractivity contribution in [1.82, 2.24) is 0 Å². The number of nitriles is 1. The Morgan fingerprint density at radius 1 is 1.38 bits per heavy atom. The fraction of sp³-hybridized carbons (Fsp3) is 0.353. The molecule has 4 nitrogen and oxygen atoms in total. The van der Waals surface area contributed by atoms with E-state index < -0.39 is 11.8 Å². The van der Waals surface area contributed by atoms with E-state index in [-0.39, 0.29) is 17.7 Å². The molecule has 0 spiro atoms. The van der Waals surface area contributed by atoms with Crippen LogP contribution >= 0.6 is 0 Å². The Kier molecular flexibility index (Phi) is 4.74. The molecule has 3 unspecified atom stereocenters. The average Bonchev–Trinajstić information content (AvgIpc) is 2.97. The third kappa shape index (κ3) is 2.97. The highest BCUT2D eigenvalue weighted by molar-refractivity contribution is 6.01. The summed E-state index contributed by atoms with van der Waals surface area (Å²) in [5.41, 5.74) is 1.01. The van der Waals surface area contributed by atoms with Gasteiger partial charge in [0, 0.05) is 11.5 Å². The highest BCUT2D eigenvalue weighted by Gasteiger charge is 2.44. The Morgan fingerprint density at radius 3 is 2.57 bits per heavy atom. The van der Waals surface area contributed by atoms with Crippen molar-refractivity contribution < 1.29 is 14.3 Å². The van der Waals surface area contributed by atoms with Gasteiger partial charge < -0.3 is 4.74 Å². The maximum Gasteiger partial charge on any atom is 0.309 e. The van der Waals surface area contributed by atoms with Crippen LogP contribution in [0.5, 0.6) is 0 Å². The summed E-state index contributed by atoms with van der Waals surface area (Å²) in [7, 11) is 1.34. The predicted molar refractivity (Wildman–Crippen MR) is 76.9 cm³/mol. The Morgan fingerprint density at radius 2 is 2.05 bits per heavy atom. The van der Waals surface area contributed by atoms with Gasteiger partial charge in [-0.05, 0) is 37.3 Å². The van der Waals surface area contributed by atoms with Crippen LogP contribution in [0.25, 0.3) is 0 Å². The second kappa shape index (κ2) is 6.53. The molecule has 0 N–H and O–H groups in total. The van der Waals surface area contributed by atoms with E-state index in [1.807, 2.05) is 12.5 Å². The number of Topliss-reactive ketones (excluding diaryl/α,β-unsaturated/α-hetero) is 1. The number of carbonyl (C=O) groups is 2. The van der Waals surface area contributed by atoms with Crippen LogP contribution in [0.3, 0.4) is 0 Å². The molecule has 0 bridgehead atoms. The molecule has 1 aliphatic carbocycles. The van der Waals surface area contributed by atoms with Crippen LogP contribution in [0, 0.1) is 42.4 Å². The van der Waals surface area contributed by atoms with Crippen LogP contribution < -0.4 is 0 Å². The maximum absolute atomic E-state index is 12.6. The molecule has 0 heterocycles. The van der Waals surface area contributed by atoms with Gasteiger partial charge in [-0.15, -0.1) is 0 Å². The van der Waals surface area contributed by atoms with E-state index in [4.69, 9.17) is 10.00 Å². The SMILES string of the molecule is [CH2]CC1C[CH]C(C(=O)c2ccc(C#N)cc2)C1C(=O)OC. The minimum absolute atomic E-state index is 0.0461. The van der Waals surface area contributed by atoms with Gasteiger partial charge in [0.05, 0.1) is 24.7 Å². The number of hydrogen-bond acceptors (Lipinski definition) is 4. The van der Waals surface area contributed by atoms with Gasteiger partial charge in [0.1, 0.15) is 0 Å². The normalized spacial score (nSPS) is 24.3. The Balaban J connectivity index is 2.24. The molecule has 3 atom stereocenters. The van der Waals surface area contributed by atoms with Gasteiger partial charge in [0.25, 0.3) is 0 Å². The summed E-state index contributed by atoms with van der Waals surface area (Å²) in [6.45, 7) is 3.85. The van der Waals surface area contributed by atoms with Crippen LogP contribution in [-0.4, -0.2) is 18.9 Å². The van der Waals surface area contributed by atoms with Gasteiger partial charge in [-0.2, -0.15) is 5.26 Å². The highest BCUT2D eigenvalue weighted by atomic mass is 16.5. The topological polar surface area (TPSA) is 67.2 Å². The zero-order valence-corrected chi connectivity index (χ0v) is 11.9. The molecule has 1 aliphatic rings. The van der Waals surface area contributed by atoms with E-state index in [2.05, 4.69) is 6.92 Å². The van der Waals surface area contributed by atoms with Gasteiger partial charge in [-0.25, -0.2) is 0 Å². The number of ether oxygens (including phenoxy) is 1. The average molecular weight is 283 g/mol. The van der Waals surface area contributed by atoms with Crippen LogP contribution in [0.15, 0.2) is 24.3 Å². The van der Waals surface area contributed by atoms with E-state index >= 15 is 0 Å². The van der Waals surface area contributed by atoms with E-state index in [0.29, 0.717) is 24.0 Å². The third-order valence-corrected chi connectivity index (χ3v) is 4.03. The molecule has 21 heavy (non-hydrogen) atoms. The van der Waals surface area contributed by atoms with Crippen LogP contribution in [0.2, 0.25) is 0 Å². The van der Waals surface area contributed by atoms with Crippen molar-refractivity contribution in [3.8, 4) is 6.07 Å². The summed E-state index contributed by atoms with van der Waals surface area (Å²) in [4.78, 5) is 24.6. The van der Waals surface area contributed by atoms with Crippen molar-refractivity contribution in [1.29, 1.82) is 5.26 Å². The Labute approximate surface area is 124 Å². The van der Waals surface area contributed by atoms with Gasteiger partial charge in [-0.1, -0.05) is 19.1 Å². The van der Waals surface area contributed by atoms with E-state index in [1.54, 1.807) is 24.3 Å². The Bertz CT molecular complexity index is 571. The van der Waals surface area contributed by atoms with Gasteiger partial charge >= 0.3 is 5.97 Å². The monoisotopic (exact) mass is 283 g/mol. The summed E-state index contributed by atoms with van der Waals surface area (Å²) in [6, 6.07) is 8.48. The van der Waals surface area contributed by atoms with E-state index in [9.17, 15) is 9.59 Å². The number of hydrogen-bond donors (Lipinski definition) is 0. The lowest BCUT2D eigenvalue weighted by molar-refractivity contribution is -0.147. The molecule has 1 fully saturated rings. The lowest BCUT2D eigenvalue weighted by Crippen LogP contribution is -2.30. The van der Waals surface area contributed by atoms with Crippen LogP contribution in [-0.2, 0) is 9.53 Å². The fourth-order valence-corrected chi connectivity index (χ4v) is 2.85. The first-order chi connectivity index (χ1) is 10.1. The molecule has 4 heteroatoms. The molecular weight excluding hydrogens is 266 g/mol. The largest absolute Gasteiger partial charge is 0.469 e. The van der Waals surface area contributed by atoms with Gasteiger partial charge in [-0.3, -0.25) is 9.59 Å². The number of ketones is 1. The van der Waals surface area contributed by atoms with Crippen molar-refractivity contribution in [2.45, 2.75) is 12.8 Å². The van der Waals surface area contributed by atoms with Gasteiger partial charge in [0.15, 0.2) is 5.78 Å². The molecular formula is C17H17NO3. The first kappa shape index (κ1) is 15.2. The smallest absolute Gasteiger partial charge is 0.309 e. The predicted octanol–water partition coefficient (Wildman–Crippen LogP) is 2.59. The maximum atomic E-state index is 12.6. The molecule has 2 radical (unpaired) electrons. The number of carbonyl (C=O) groups excluding carboxylic acids is 2. The molecule has 0 aliphatic heterocycles. The summed E-state index contributed by atoms with van der Waals surface area (Å²) in [5, 5.41) is 8.78. The van der Waals surface area contributed by atoms with Crippen LogP contribution in [0.1, 0.15) is 28.8 Å². The standard InChI is InChI=1S/C17H17NO3/c1-3-12-8-9-14(15(12)17(20)21-2)16(19)13-6-4-11(10-18)5-7-13/h4-7,9,12,14-15H,1,3,8H2,2H3. The molecule has 2 rings (SSSR count). The van der Waals surface area contributed by atoms with Gasteiger partial charge in [0.2, 0.25) is 0 Å². The molecule has 1 saturated carbocycles. The molecule has 0 aromatic heterocycles. The number of benzene rings is 1. The number of rotatable bonds is 4. The molecule has 1 aromatic carbocycles. The summed E-state index contributed by atoms with van der Waals surface area (Å²) < 4.78 is 4.84. The minimum atomic E-state index is -0.475. The van der Waals surface area contributed by atoms with Crippen molar-refractivity contribution in [3.63, 3.8) is 0 Å². The number of methoxy groups -OCH3 is 1. The zero-order valence-electron chi connectivity index (χ0n) is 11.9. The number of esters is 1. The van der Waals surface area contributed by atoms with E-state index in [0.717, 1.165) is 0 Å². The van der Waals surface area contributed by atoms with Crippen molar-refractivity contribution in [2.24, 2.45) is 17.8 Å². The molecule has 1 aromatic rings. The molecule has 108 valence electrons. The van der Waals surface area contributed by atoms with Crippen LogP contribution in [0.4, 0.5) is 0 Å². The van der Waals surface area contributed by atoms with Crippen molar-refractivity contribution in [2.75, 3.05) is 7.11 Å².